The summed E-state index contributed by atoms with van der Waals surface area (Å²) in [6.45, 7) is 14.7. The minimum Gasteiger partial charge on any atom is -0.459 e. The second-order valence-electron chi connectivity index (χ2n) is 11.6. The second-order valence-corrected chi connectivity index (χ2v) is 12.5. The topological polar surface area (TPSA) is 81.4 Å². The average molecular weight is 593 g/mol. The molecule has 2 aromatic carbocycles. The molecule has 1 amide bonds. The number of carbonyl (C=O) groups is 2. The monoisotopic (exact) mass is 592 g/mol. The molecule has 0 aliphatic carbocycles. The van der Waals surface area contributed by atoms with E-state index >= 15 is 0 Å². The lowest BCUT2D eigenvalue weighted by Crippen LogP contribution is -2.34. The number of anilines is 2. The van der Waals surface area contributed by atoms with Crippen molar-refractivity contribution in [1.29, 1.82) is 0 Å². The summed E-state index contributed by atoms with van der Waals surface area (Å²) in [6.07, 6.45) is 8.53. The predicted octanol–water partition coefficient (Wildman–Crippen LogP) is 10.2. The number of nitrogens with one attached hydrogen (secondary N) is 1. The summed E-state index contributed by atoms with van der Waals surface area (Å²) in [6, 6.07) is 17.6. The molecular weight excluding hydrogens is 540 g/mol. The van der Waals surface area contributed by atoms with Crippen LogP contribution in [-0.4, -0.2) is 17.5 Å². The van der Waals surface area contributed by atoms with Crippen molar-refractivity contribution in [3.05, 3.63) is 71.1 Å². The summed E-state index contributed by atoms with van der Waals surface area (Å²) in [4.78, 5) is 24.9. The van der Waals surface area contributed by atoms with Crippen molar-refractivity contribution in [1.82, 2.24) is 0 Å². The van der Waals surface area contributed by atoms with Crippen LogP contribution in [0.15, 0.2) is 60.0 Å². The molecule has 42 heavy (non-hydrogen) atoms. The highest BCUT2D eigenvalue weighted by atomic mass is 32.1. The van der Waals surface area contributed by atoms with Crippen LogP contribution in [0.4, 0.5) is 11.4 Å². The molecule has 0 aliphatic heterocycles. The number of nitrogen functional groups attached to an aromatic ring is 1. The minimum atomic E-state index is -0.204. The van der Waals surface area contributed by atoms with Crippen LogP contribution in [0.2, 0.25) is 0 Å². The van der Waals surface area contributed by atoms with E-state index in [9.17, 15) is 9.59 Å². The zero-order chi connectivity index (χ0) is 31.1. The normalized spacial score (nSPS) is 13.7. The SMILES string of the molecule is CCC(C)Cc1ccc(C(=O)Nc2cc(-c3cccs3)ccc2N)cc1.CCCC(CC)(CCC(C)CC)OC(C)=O. The van der Waals surface area contributed by atoms with Gasteiger partial charge in [-0.25, -0.2) is 0 Å². The number of hydrogen-bond donors (Lipinski definition) is 2. The molecule has 0 saturated heterocycles. The summed E-state index contributed by atoms with van der Waals surface area (Å²) in [5.41, 5.74) is 10.00. The van der Waals surface area contributed by atoms with Crippen molar-refractivity contribution >= 4 is 34.6 Å². The van der Waals surface area contributed by atoms with Crippen LogP contribution in [0.5, 0.6) is 0 Å². The maximum Gasteiger partial charge on any atom is 0.303 e. The Balaban J connectivity index is 0.000000334. The van der Waals surface area contributed by atoms with Gasteiger partial charge in [-0.15, -0.1) is 11.3 Å². The molecule has 1 aromatic heterocycles. The molecule has 3 rings (SSSR count). The van der Waals surface area contributed by atoms with E-state index in [2.05, 4.69) is 52.9 Å². The molecule has 3 N–H and O–H groups in total. The Bertz CT molecular complexity index is 1220. The van der Waals surface area contributed by atoms with Crippen LogP contribution in [-0.2, 0) is 16.0 Å². The third-order valence-electron chi connectivity index (χ3n) is 8.10. The number of benzene rings is 2. The average Bonchev–Trinajstić information content (AvgIpc) is 3.52. The van der Waals surface area contributed by atoms with Crippen molar-refractivity contribution in [3.8, 4) is 10.4 Å². The quantitative estimate of drug-likeness (QED) is 0.144. The summed E-state index contributed by atoms with van der Waals surface area (Å²) >= 11 is 1.66. The lowest BCUT2D eigenvalue weighted by molar-refractivity contribution is -0.159. The van der Waals surface area contributed by atoms with Gasteiger partial charge in [-0.3, -0.25) is 9.59 Å². The number of ether oxygens (including phenoxy) is 1. The van der Waals surface area contributed by atoms with Gasteiger partial charge in [-0.05, 0) is 90.8 Å². The number of esters is 1. The molecule has 0 aliphatic rings. The van der Waals surface area contributed by atoms with E-state index in [0.717, 1.165) is 61.3 Å². The maximum absolute atomic E-state index is 12.6. The lowest BCUT2D eigenvalue weighted by atomic mass is 9.86. The fourth-order valence-corrected chi connectivity index (χ4v) is 5.64. The third kappa shape index (κ3) is 11.3. The van der Waals surface area contributed by atoms with E-state index < -0.39 is 0 Å². The Morgan fingerprint density at radius 2 is 1.64 bits per heavy atom. The van der Waals surface area contributed by atoms with Crippen LogP contribution >= 0.6 is 11.3 Å². The molecule has 1 heterocycles. The van der Waals surface area contributed by atoms with Crippen LogP contribution in [0.3, 0.4) is 0 Å². The Morgan fingerprint density at radius 3 is 2.19 bits per heavy atom. The van der Waals surface area contributed by atoms with E-state index in [1.165, 1.54) is 18.9 Å². The van der Waals surface area contributed by atoms with Crippen LogP contribution in [0.1, 0.15) is 109 Å². The Labute approximate surface area is 258 Å². The van der Waals surface area contributed by atoms with Gasteiger partial charge in [0.2, 0.25) is 0 Å². The number of carbonyl (C=O) groups excluding carboxylic acids is 2. The first kappa shape index (κ1) is 35.1. The first-order valence-electron chi connectivity index (χ1n) is 15.6. The fraction of sp³-hybridized carbons (Fsp3) is 0.500. The van der Waals surface area contributed by atoms with Gasteiger partial charge >= 0.3 is 5.97 Å². The molecule has 0 bridgehead atoms. The van der Waals surface area contributed by atoms with Gasteiger partial charge in [0, 0.05) is 17.4 Å². The van der Waals surface area contributed by atoms with E-state index in [0.29, 0.717) is 22.9 Å². The molecule has 0 fully saturated rings. The number of amides is 1. The zero-order valence-corrected chi connectivity index (χ0v) is 27.6. The molecule has 6 heteroatoms. The molecule has 3 unspecified atom stereocenters. The largest absolute Gasteiger partial charge is 0.459 e. The van der Waals surface area contributed by atoms with E-state index in [-0.39, 0.29) is 17.5 Å². The van der Waals surface area contributed by atoms with Gasteiger partial charge in [0.05, 0.1) is 11.4 Å². The van der Waals surface area contributed by atoms with Crippen molar-refractivity contribution < 1.29 is 14.3 Å². The third-order valence-corrected chi connectivity index (χ3v) is 9.02. The van der Waals surface area contributed by atoms with Gasteiger partial charge in [0.15, 0.2) is 0 Å². The molecule has 3 aromatic rings. The molecule has 3 atom stereocenters. The van der Waals surface area contributed by atoms with Gasteiger partial charge in [0.25, 0.3) is 5.91 Å². The molecular formula is C36H52N2O3S. The Kier molecular flexibility index (Phi) is 14.8. The molecule has 230 valence electrons. The van der Waals surface area contributed by atoms with Gasteiger partial charge in [-0.2, -0.15) is 0 Å². The van der Waals surface area contributed by atoms with Crippen LogP contribution in [0.25, 0.3) is 10.4 Å². The van der Waals surface area contributed by atoms with Crippen molar-refractivity contribution in [3.63, 3.8) is 0 Å². The lowest BCUT2D eigenvalue weighted by Gasteiger charge is -2.33. The predicted molar refractivity (Wildman–Crippen MR) is 180 cm³/mol. The first-order valence-corrected chi connectivity index (χ1v) is 16.5. The molecule has 5 nitrogen and oxygen atoms in total. The van der Waals surface area contributed by atoms with Gasteiger partial charge < -0.3 is 15.8 Å². The van der Waals surface area contributed by atoms with E-state index in [1.807, 2.05) is 53.9 Å². The van der Waals surface area contributed by atoms with Crippen LogP contribution in [0, 0.1) is 11.8 Å². The molecule has 0 spiro atoms. The summed E-state index contributed by atoms with van der Waals surface area (Å²) in [5.74, 6) is 1.09. The van der Waals surface area contributed by atoms with Gasteiger partial charge in [-0.1, -0.05) is 85.1 Å². The minimum absolute atomic E-state index is 0.139. The highest BCUT2D eigenvalue weighted by molar-refractivity contribution is 7.13. The standard InChI is InChI=1S/C22H24N2OS.C14H28O2/c1-3-15(2)13-16-6-8-17(9-7-16)22(25)24-20-14-18(10-11-19(20)23)21-5-4-12-26-21;1-6-10-14(8-3,16-13(5)15)11-9-12(4)7-2/h4-12,14-15H,3,13,23H2,1-2H3,(H,24,25);12H,6-11H2,1-5H3. The molecule has 0 saturated carbocycles. The van der Waals surface area contributed by atoms with Crippen molar-refractivity contribution in [2.75, 3.05) is 11.1 Å². The highest BCUT2D eigenvalue weighted by Gasteiger charge is 2.30. The Hall–Kier alpha value is -3.12. The summed E-state index contributed by atoms with van der Waals surface area (Å²) in [5, 5.41) is 4.97. The smallest absolute Gasteiger partial charge is 0.303 e. The number of rotatable bonds is 14. The summed E-state index contributed by atoms with van der Waals surface area (Å²) in [7, 11) is 0. The maximum atomic E-state index is 12.6. The molecule has 0 radical (unpaired) electrons. The Morgan fingerprint density at radius 1 is 0.952 bits per heavy atom. The summed E-state index contributed by atoms with van der Waals surface area (Å²) < 4.78 is 5.58. The van der Waals surface area contributed by atoms with E-state index in [1.54, 1.807) is 11.3 Å². The zero-order valence-electron chi connectivity index (χ0n) is 26.8. The second kappa shape index (κ2) is 17.7. The van der Waals surface area contributed by atoms with E-state index in [4.69, 9.17) is 10.5 Å². The highest BCUT2D eigenvalue weighted by Crippen LogP contribution is 2.31. The van der Waals surface area contributed by atoms with Crippen LogP contribution < -0.4 is 11.1 Å². The number of thiophene rings is 1. The number of hydrogen-bond acceptors (Lipinski definition) is 5. The van der Waals surface area contributed by atoms with Crippen molar-refractivity contribution in [2.24, 2.45) is 11.8 Å². The van der Waals surface area contributed by atoms with Gasteiger partial charge in [0.1, 0.15) is 5.60 Å². The van der Waals surface area contributed by atoms with Crippen molar-refractivity contribution in [2.45, 2.75) is 105 Å². The fourth-order valence-electron chi connectivity index (χ4n) is 4.92. The first-order chi connectivity index (χ1) is 20.1. The number of nitrogens with two attached hydrogens (primary N) is 1.